The number of aromatic nitrogens is 1. The third kappa shape index (κ3) is 4.93. The third-order valence-corrected chi connectivity index (χ3v) is 9.32. The Labute approximate surface area is 236 Å². The van der Waals surface area contributed by atoms with Crippen molar-refractivity contribution >= 4 is 17.5 Å². The maximum absolute atomic E-state index is 13.6. The number of carbonyl (C=O) groups excluding carboxylic acids is 2. The standard InChI is InChI=1S/C33H38N4O3/c1-22-18-27(40-3)19-23(2)30(22)31(38)35-29-7-6-24-4-5-25(20-28(24)29)32(39)36-15-10-33(11-16-36)12-17-37(21-33)26-8-13-34-14-9-26/h4-5,8-9,13-14,18-20,29H,6-7,10-12,15-17,21H2,1-3H3,(H,35,38). The summed E-state index contributed by atoms with van der Waals surface area (Å²) in [7, 11) is 1.64. The summed E-state index contributed by atoms with van der Waals surface area (Å²) in [6, 6.07) is 13.9. The molecule has 7 heteroatoms. The highest BCUT2D eigenvalue weighted by atomic mass is 16.5. The number of ether oxygens (including phenoxy) is 1. The molecule has 1 spiro atoms. The molecule has 1 aliphatic carbocycles. The molecule has 3 heterocycles. The Morgan fingerprint density at radius 3 is 2.38 bits per heavy atom. The average molecular weight is 539 g/mol. The van der Waals surface area contributed by atoms with Gasteiger partial charge in [0.1, 0.15) is 5.75 Å². The summed E-state index contributed by atoms with van der Waals surface area (Å²) in [5.41, 5.74) is 7.00. The molecule has 1 aromatic heterocycles. The zero-order chi connectivity index (χ0) is 27.9. The Kier molecular flexibility index (Phi) is 6.99. The Bertz CT molecular complexity index is 1410. The number of amides is 2. The van der Waals surface area contributed by atoms with Gasteiger partial charge in [0.05, 0.1) is 13.2 Å². The number of methoxy groups -OCH3 is 1. The van der Waals surface area contributed by atoms with Crippen LogP contribution in [0.15, 0.2) is 54.9 Å². The second-order valence-corrected chi connectivity index (χ2v) is 11.8. The molecular weight excluding hydrogens is 500 g/mol. The van der Waals surface area contributed by atoms with E-state index in [0.717, 1.165) is 79.9 Å². The summed E-state index contributed by atoms with van der Waals surface area (Å²) < 4.78 is 5.35. The molecule has 208 valence electrons. The van der Waals surface area contributed by atoms with Gasteiger partial charge in [-0.3, -0.25) is 14.6 Å². The Morgan fingerprint density at radius 1 is 0.975 bits per heavy atom. The van der Waals surface area contributed by atoms with Gasteiger partial charge in [-0.1, -0.05) is 6.07 Å². The summed E-state index contributed by atoms with van der Waals surface area (Å²) >= 11 is 0. The van der Waals surface area contributed by atoms with Gasteiger partial charge < -0.3 is 19.9 Å². The largest absolute Gasteiger partial charge is 0.497 e. The van der Waals surface area contributed by atoms with Gasteiger partial charge in [-0.2, -0.15) is 0 Å². The first-order valence-electron chi connectivity index (χ1n) is 14.4. The molecule has 1 atom stereocenters. The number of aryl methyl sites for hydroxylation is 3. The predicted octanol–water partition coefficient (Wildman–Crippen LogP) is 5.26. The van der Waals surface area contributed by atoms with Crippen LogP contribution in [-0.4, -0.2) is 55.0 Å². The highest BCUT2D eigenvalue weighted by molar-refractivity contribution is 5.98. The SMILES string of the molecule is COc1cc(C)c(C(=O)NC2CCc3ccc(C(=O)N4CCC5(CC4)CCN(c4ccncc4)C5)cc32)c(C)c1. The molecule has 2 saturated heterocycles. The van der Waals surface area contributed by atoms with Crippen LogP contribution in [0.25, 0.3) is 0 Å². The van der Waals surface area contributed by atoms with E-state index in [4.69, 9.17) is 4.74 Å². The lowest BCUT2D eigenvalue weighted by Gasteiger charge is -2.39. The average Bonchev–Trinajstić information content (AvgIpc) is 3.57. The van der Waals surface area contributed by atoms with E-state index in [2.05, 4.69) is 33.4 Å². The molecule has 1 N–H and O–H groups in total. The van der Waals surface area contributed by atoms with Crippen molar-refractivity contribution in [3.8, 4) is 5.75 Å². The van der Waals surface area contributed by atoms with E-state index in [1.54, 1.807) is 7.11 Å². The van der Waals surface area contributed by atoms with Crippen LogP contribution in [0.2, 0.25) is 0 Å². The van der Waals surface area contributed by atoms with Gasteiger partial charge in [0.2, 0.25) is 0 Å². The number of nitrogens with zero attached hydrogens (tertiary/aromatic N) is 3. The maximum atomic E-state index is 13.6. The number of hydrogen-bond acceptors (Lipinski definition) is 5. The van der Waals surface area contributed by atoms with E-state index in [-0.39, 0.29) is 23.3 Å². The van der Waals surface area contributed by atoms with Crippen LogP contribution >= 0.6 is 0 Å². The quantitative estimate of drug-likeness (QED) is 0.480. The fraction of sp³-hybridized carbons (Fsp3) is 0.424. The molecule has 2 aliphatic heterocycles. The van der Waals surface area contributed by atoms with Crippen LogP contribution < -0.4 is 15.0 Å². The Balaban J connectivity index is 1.11. The normalized spacial score (nSPS) is 19.5. The lowest BCUT2D eigenvalue weighted by Crippen LogP contribution is -2.44. The maximum Gasteiger partial charge on any atom is 0.253 e. The fourth-order valence-electron chi connectivity index (χ4n) is 7.00. The number of pyridine rings is 1. The number of anilines is 1. The summed E-state index contributed by atoms with van der Waals surface area (Å²) in [5.74, 6) is 0.773. The number of nitrogens with one attached hydrogen (secondary N) is 1. The van der Waals surface area contributed by atoms with Crippen LogP contribution in [0.5, 0.6) is 5.75 Å². The highest BCUT2D eigenvalue weighted by Gasteiger charge is 2.41. The molecule has 0 bridgehead atoms. The van der Waals surface area contributed by atoms with Crippen molar-refractivity contribution in [2.75, 3.05) is 38.2 Å². The van der Waals surface area contributed by atoms with Crippen molar-refractivity contribution < 1.29 is 14.3 Å². The Hall–Kier alpha value is -3.87. The van der Waals surface area contributed by atoms with Gasteiger partial charge in [0.15, 0.2) is 0 Å². The molecule has 2 amide bonds. The molecule has 0 radical (unpaired) electrons. The van der Waals surface area contributed by atoms with E-state index >= 15 is 0 Å². The molecule has 40 heavy (non-hydrogen) atoms. The molecule has 3 aromatic rings. The van der Waals surface area contributed by atoms with Gasteiger partial charge in [0.25, 0.3) is 11.8 Å². The minimum Gasteiger partial charge on any atom is -0.497 e. The van der Waals surface area contributed by atoms with Crippen LogP contribution in [0.1, 0.15) is 74.7 Å². The van der Waals surface area contributed by atoms with E-state index in [0.29, 0.717) is 5.56 Å². The second kappa shape index (κ2) is 10.6. The van der Waals surface area contributed by atoms with Gasteiger partial charge in [-0.05, 0) is 110 Å². The van der Waals surface area contributed by atoms with Crippen molar-refractivity contribution in [3.05, 3.63) is 88.2 Å². The first-order valence-corrected chi connectivity index (χ1v) is 14.4. The topological polar surface area (TPSA) is 74.8 Å². The highest BCUT2D eigenvalue weighted by Crippen LogP contribution is 2.42. The zero-order valence-corrected chi connectivity index (χ0v) is 23.7. The first-order chi connectivity index (χ1) is 19.4. The van der Waals surface area contributed by atoms with E-state index in [9.17, 15) is 9.59 Å². The molecule has 6 rings (SSSR count). The predicted molar refractivity (Wildman–Crippen MR) is 156 cm³/mol. The van der Waals surface area contributed by atoms with Gasteiger partial charge in [0, 0.05) is 55.4 Å². The number of carbonyl (C=O) groups is 2. The van der Waals surface area contributed by atoms with Crippen molar-refractivity contribution in [2.24, 2.45) is 5.41 Å². The van der Waals surface area contributed by atoms with Crippen LogP contribution in [0, 0.1) is 19.3 Å². The molecule has 2 fully saturated rings. The molecule has 2 aromatic carbocycles. The van der Waals surface area contributed by atoms with Crippen LogP contribution in [-0.2, 0) is 6.42 Å². The minimum absolute atomic E-state index is 0.0778. The molecule has 3 aliphatic rings. The van der Waals surface area contributed by atoms with Crippen molar-refractivity contribution in [1.29, 1.82) is 0 Å². The zero-order valence-electron chi connectivity index (χ0n) is 23.7. The van der Waals surface area contributed by atoms with Crippen molar-refractivity contribution in [3.63, 3.8) is 0 Å². The Morgan fingerprint density at radius 2 is 1.68 bits per heavy atom. The molecule has 7 nitrogen and oxygen atoms in total. The fourth-order valence-corrected chi connectivity index (χ4v) is 7.00. The van der Waals surface area contributed by atoms with Gasteiger partial charge >= 0.3 is 0 Å². The lowest BCUT2D eigenvalue weighted by molar-refractivity contribution is 0.0610. The number of hydrogen-bond donors (Lipinski definition) is 1. The second-order valence-electron chi connectivity index (χ2n) is 11.8. The minimum atomic E-state index is -0.0987. The smallest absolute Gasteiger partial charge is 0.253 e. The lowest BCUT2D eigenvalue weighted by atomic mass is 9.77. The summed E-state index contributed by atoms with van der Waals surface area (Å²) in [4.78, 5) is 35.6. The van der Waals surface area contributed by atoms with Crippen LogP contribution in [0.4, 0.5) is 5.69 Å². The van der Waals surface area contributed by atoms with Gasteiger partial charge in [-0.25, -0.2) is 0 Å². The van der Waals surface area contributed by atoms with Crippen molar-refractivity contribution in [1.82, 2.24) is 15.2 Å². The monoisotopic (exact) mass is 538 g/mol. The first kappa shape index (κ1) is 26.4. The summed E-state index contributed by atoms with van der Waals surface area (Å²) in [5, 5.41) is 3.25. The van der Waals surface area contributed by atoms with E-state index in [1.165, 1.54) is 17.7 Å². The van der Waals surface area contributed by atoms with E-state index in [1.807, 2.05) is 55.4 Å². The number of rotatable bonds is 5. The number of piperidine rings is 1. The van der Waals surface area contributed by atoms with E-state index < -0.39 is 0 Å². The van der Waals surface area contributed by atoms with Crippen LogP contribution in [0.3, 0.4) is 0 Å². The number of likely N-dealkylation sites (tertiary alicyclic amines) is 1. The van der Waals surface area contributed by atoms with Gasteiger partial charge in [-0.15, -0.1) is 0 Å². The van der Waals surface area contributed by atoms with Crippen molar-refractivity contribution in [2.45, 2.75) is 52.0 Å². The number of fused-ring (bicyclic) bond motifs is 1. The molecule has 1 unspecified atom stereocenters. The third-order valence-electron chi connectivity index (χ3n) is 9.32. The molecule has 0 saturated carbocycles. The molecular formula is C33H38N4O3. The number of benzene rings is 2. The summed E-state index contributed by atoms with van der Waals surface area (Å²) in [6.07, 6.45) is 8.69. The summed E-state index contributed by atoms with van der Waals surface area (Å²) in [6.45, 7) is 7.56.